The molecule has 6 nitrogen and oxygen atoms in total. The van der Waals surface area contributed by atoms with E-state index in [4.69, 9.17) is 4.42 Å². The third-order valence-electron chi connectivity index (χ3n) is 5.77. The Balaban J connectivity index is 1.42. The zero-order valence-corrected chi connectivity index (χ0v) is 18.8. The van der Waals surface area contributed by atoms with Gasteiger partial charge in [-0.25, -0.2) is 8.42 Å². The number of rotatable bonds is 8. The first-order valence-electron chi connectivity index (χ1n) is 11.0. The number of piperidine rings is 1. The Hall–Kier alpha value is -2.90. The van der Waals surface area contributed by atoms with E-state index in [1.165, 1.54) is 0 Å². The maximum Gasteiger partial charge on any atom is 0.243 e. The fourth-order valence-electron chi connectivity index (χ4n) is 3.96. The fourth-order valence-corrected chi connectivity index (χ4v) is 5.48. The second-order valence-electron chi connectivity index (χ2n) is 8.00. The van der Waals surface area contributed by atoms with Crippen LogP contribution >= 0.6 is 0 Å². The van der Waals surface area contributed by atoms with Gasteiger partial charge in [0.25, 0.3) is 0 Å². The second-order valence-corrected chi connectivity index (χ2v) is 9.94. The SMILES string of the molecule is O=C(CCc1ccc(S(=O)(=O)N2CCCCC2)cc1)N(Cc1ccco1)c1ccccc1. The van der Waals surface area contributed by atoms with Gasteiger partial charge in [-0.2, -0.15) is 4.31 Å². The Morgan fingerprint density at radius 2 is 1.62 bits per heavy atom. The van der Waals surface area contributed by atoms with E-state index < -0.39 is 10.0 Å². The molecule has 1 aliphatic rings. The van der Waals surface area contributed by atoms with Crippen LogP contribution in [-0.2, 0) is 27.8 Å². The standard InChI is InChI=1S/C25H28N2O4S/c28-25(27(20-23-10-7-19-31-23)22-8-3-1-4-9-22)16-13-21-11-14-24(15-12-21)32(29,30)26-17-5-2-6-18-26/h1,3-4,7-12,14-15,19H,2,5-6,13,16-18,20H2. The van der Waals surface area contributed by atoms with E-state index >= 15 is 0 Å². The number of sulfonamides is 1. The number of anilines is 1. The summed E-state index contributed by atoms with van der Waals surface area (Å²) in [7, 11) is -3.44. The molecule has 1 aromatic heterocycles. The highest BCUT2D eigenvalue weighted by Crippen LogP contribution is 2.22. The third-order valence-corrected chi connectivity index (χ3v) is 7.68. The molecule has 1 amide bonds. The van der Waals surface area contributed by atoms with Crippen LogP contribution in [-0.4, -0.2) is 31.7 Å². The molecule has 0 atom stereocenters. The number of furan rings is 1. The van der Waals surface area contributed by atoms with Gasteiger partial charge in [0.2, 0.25) is 15.9 Å². The van der Waals surface area contributed by atoms with Gasteiger partial charge < -0.3 is 9.32 Å². The summed E-state index contributed by atoms with van der Waals surface area (Å²) in [5, 5.41) is 0. The largest absolute Gasteiger partial charge is 0.467 e. The Morgan fingerprint density at radius 3 is 2.28 bits per heavy atom. The van der Waals surface area contributed by atoms with Crippen molar-refractivity contribution < 1.29 is 17.6 Å². The number of hydrogen-bond acceptors (Lipinski definition) is 4. The summed E-state index contributed by atoms with van der Waals surface area (Å²) in [5.74, 6) is 0.701. The van der Waals surface area contributed by atoms with Gasteiger partial charge in [0.15, 0.2) is 0 Å². The normalized spacial score (nSPS) is 14.9. The minimum atomic E-state index is -3.44. The van der Waals surface area contributed by atoms with Crippen LogP contribution in [0.25, 0.3) is 0 Å². The first-order chi connectivity index (χ1) is 15.5. The minimum absolute atomic E-state index is 0.0161. The number of benzene rings is 2. The van der Waals surface area contributed by atoms with Crippen LogP contribution in [0, 0.1) is 0 Å². The first kappa shape index (κ1) is 22.3. The van der Waals surface area contributed by atoms with E-state index in [9.17, 15) is 13.2 Å². The molecule has 1 aliphatic heterocycles. The third kappa shape index (κ3) is 5.29. The highest BCUT2D eigenvalue weighted by atomic mass is 32.2. The number of amides is 1. The van der Waals surface area contributed by atoms with Crippen LogP contribution in [0.5, 0.6) is 0 Å². The molecule has 168 valence electrons. The Labute approximate surface area is 189 Å². The smallest absolute Gasteiger partial charge is 0.243 e. The van der Waals surface area contributed by atoms with Crippen LogP contribution < -0.4 is 4.90 Å². The summed E-state index contributed by atoms with van der Waals surface area (Å²) in [5.41, 5.74) is 1.75. The van der Waals surface area contributed by atoms with Gasteiger partial charge >= 0.3 is 0 Å². The van der Waals surface area contributed by atoms with Gasteiger partial charge in [-0.15, -0.1) is 0 Å². The van der Waals surface area contributed by atoms with E-state index in [1.54, 1.807) is 27.6 Å². The monoisotopic (exact) mass is 452 g/mol. The molecule has 0 bridgehead atoms. The number of hydrogen-bond donors (Lipinski definition) is 0. The van der Waals surface area contributed by atoms with E-state index in [-0.39, 0.29) is 5.91 Å². The quantitative estimate of drug-likeness (QED) is 0.500. The Kier molecular flexibility index (Phi) is 7.07. The van der Waals surface area contributed by atoms with Gasteiger partial charge in [-0.3, -0.25) is 4.79 Å². The van der Waals surface area contributed by atoms with Crippen LogP contribution in [0.2, 0.25) is 0 Å². The molecule has 0 saturated carbocycles. The number of carbonyl (C=O) groups is 1. The minimum Gasteiger partial charge on any atom is -0.467 e. The predicted octanol–water partition coefficient (Wildman–Crippen LogP) is 4.62. The molecule has 32 heavy (non-hydrogen) atoms. The van der Waals surface area contributed by atoms with Crippen molar-refractivity contribution in [3.63, 3.8) is 0 Å². The molecule has 1 fully saturated rings. The zero-order valence-electron chi connectivity index (χ0n) is 18.0. The Bertz CT molecular complexity index is 1100. The van der Waals surface area contributed by atoms with Crippen molar-refractivity contribution in [1.82, 2.24) is 4.31 Å². The van der Waals surface area contributed by atoms with Crippen molar-refractivity contribution in [3.05, 3.63) is 84.3 Å². The molecule has 0 spiro atoms. The van der Waals surface area contributed by atoms with Gasteiger partial charge in [0.1, 0.15) is 5.76 Å². The van der Waals surface area contributed by atoms with Crippen molar-refractivity contribution in [2.24, 2.45) is 0 Å². The number of para-hydroxylation sites is 1. The van der Waals surface area contributed by atoms with Crippen LogP contribution in [0.4, 0.5) is 5.69 Å². The summed E-state index contributed by atoms with van der Waals surface area (Å²) in [6.45, 7) is 1.54. The average Bonchev–Trinajstić information content (AvgIpc) is 3.36. The maximum atomic E-state index is 13.1. The molecular weight excluding hydrogens is 424 g/mol. The summed E-state index contributed by atoms with van der Waals surface area (Å²) in [6, 6.07) is 20.1. The molecule has 4 rings (SSSR count). The van der Waals surface area contributed by atoms with Gasteiger partial charge in [-0.05, 0) is 61.2 Å². The van der Waals surface area contributed by atoms with E-state index in [0.29, 0.717) is 37.4 Å². The van der Waals surface area contributed by atoms with Crippen molar-refractivity contribution >= 4 is 21.6 Å². The fraction of sp³-hybridized carbons (Fsp3) is 0.320. The molecule has 0 N–H and O–H groups in total. The molecule has 3 aromatic rings. The summed E-state index contributed by atoms with van der Waals surface area (Å²) in [4.78, 5) is 15.1. The predicted molar refractivity (Wildman–Crippen MR) is 124 cm³/mol. The van der Waals surface area contributed by atoms with Crippen molar-refractivity contribution in [1.29, 1.82) is 0 Å². The lowest BCUT2D eigenvalue weighted by Crippen LogP contribution is -2.35. The topological polar surface area (TPSA) is 70.8 Å². The van der Waals surface area contributed by atoms with Gasteiger partial charge in [-0.1, -0.05) is 36.8 Å². The van der Waals surface area contributed by atoms with Crippen LogP contribution in [0.1, 0.15) is 37.0 Å². The molecule has 2 aromatic carbocycles. The molecule has 1 saturated heterocycles. The summed E-state index contributed by atoms with van der Waals surface area (Å²) in [6.07, 6.45) is 5.35. The van der Waals surface area contributed by atoms with E-state index in [1.807, 2.05) is 54.6 Å². The molecule has 0 radical (unpaired) electrons. The maximum absolute atomic E-state index is 13.1. The van der Waals surface area contributed by atoms with Crippen LogP contribution in [0.3, 0.4) is 0 Å². The average molecular weight is 453 g/mol. The van der Waals surface area contributed by atoms with Crippen molar-refractivity contribution in [3.8, 4) is 0 Å². The molecular formula is C25H28N2O4S. The second kappa shape index (κ2) is 10.1. The lowest BCUT2D eigenvalue weighted by Gasteiger charge is -2.26. The molecule has 0 aliphatic carbocycles. The van der Waals surface area contributed by atoms with E-state index in [0.717, 1.165) is 36.3 Å². The number of aryl methyl sites for hydroxylation is 1. The highest BCUT2D eigenvalue weighted by Gasteiger charge is 2.25. The van der Waals surface area contributed by atoms with E-state index in [2.05, 4.69) is 0 Å². The van der Waals surface area contributed by atoms with Crippen molar-refractivity contribution in [2.45, 2.75) is 43.5 Å². The molecule has 0 unspecified atom stereocenters. The highest BCUT2D eigenvalue weighted by molar-refractivity contribution is 7.89. The first-order valence-corrected chi connectivity index (χ1v) is 12.4. The van der Waals surface area contributed by atoms with Gasteiger partial charge in [0.05, 0.1) is 17.7 Å². The Morgan fingerprint density at radius 1 is 0.906 bits per heavy atom. The summed E-state index contributed by atoms with van der Waals surface area (Å²) >= 11 is 0. The molecule has 7 heteroatoms. The number of carbonyl (C=O) groups excluding carboxylic acids is 1. The van der Waals surface area contributed by atoms with Gasteiger partial charge in [0, 0.05) is 25.2 Å². The van der Waals surface area contributed by atoms with Crippen molar-refractivity contribution in [2.75, 3.05) is 18.0 Å². The zero-order chi connectivity index (χ0) is 22.4. The summed E-state index contributed by atoms with van der Waals surface area (Å²) < 4.78 is 32.6. The number of nitrogens with zero attached hydrogens (tertiary/aromatic N) is 2. The lowest BCUT2D eigenvalue weighted by molar-refractivity contribution is -0.118. The lowest BCUT2D eigenvalue weighted by atomic mass is 10.1. The van der Waals surface area contributed by atoms with Crippen LogP contribution in [0.15, 0.2) is 82.3 Å². The molecule has 2 heterocycles.